The quantitative estimate of drug-likeness (QED) is 0.903. The van der Waals surface area contributed by atoms with Crippen LogP contribution in [0.3, 0.4) is 0 Å². The smallest absolute Gasteiger partial charge is 0.257 e. The second-order valence-electron chi connectivity index (χ2n) is 4.07. The zero-order chi connectivity index (χ0) is 13.8. The van der Waals surface area contributed by atoms with Crippen LogP contribution in [0.2, 0.25) is 5.02 Å². The molecule has 1 amide bonds. The summed E-state index contributed by atoms with van der Waals surface area (Å²) in [5.41, 5.74) is 2.20. The van der Waals surface area contributed by atoms with Crippen LogP contribution in [0.25, 0.3) is 0 Å². The summed E-state index contributed by atoms with van der Waals surface area (Å²) in [5.74, 6) is 0.320. The number of carbonyl (C=O) groups is 1. The first-order valence-electron chi connectivity index (χ1n) is 5.82. The first-order valence-corrected chi connectivity index (χ1v) is 6.20. The van der Waals surface area contributed by atoms with E-state index in [1.807, 2.05) is 31.2 Å². The van der Waals surface area contributed by atoms with Crippen LogP contribution >= 0.6 is 11.6 Å². The fourth-order valence-electron chi connectivity index (χ4n) is 1.65. The molecule has 5 heteroatoms. The van der Waals surface area contributed by atoms with E-state index in [1.54, 1.807) is 13.1 Å². The Labute approximate surface area is 116 Å². The van der Waals surface area contributed by atoms with Gasteiger partial charge in [-0.25, -0.2) is 4.98 Å². The third-order valence-electron chi connectivity index (χ3n) is 2.73. The predicted molar refractivity (Wildman–Crippen MR) is 77.9 cm³/mol. The fraction of sp³-hybridized carbons (Fsp3) is 0.143. The number of nitrogens with one attached hydrogen (secondary N) is 2. The molecule has 1 aromatic carbocycles. The van der Waals surface area contributed by atoms with Gasteiger partial charge in [-0.1, -0.05) is 29.8 Å². The van der Waals surface area contributed by atoms with Gasteiger partial charge >= 0.3 is 0 Å². The molecule has 0 unspecified atom stereocenters. The zero-order valence-corrected chi connectivity index (χ0v) is 11.5. The number of carbonyl (C=O) groups excluding carboxylic acids is 1. The van der Waals surface area contributed by atoms with Gasteiger partial charge in [-0.05, 0) is 24.6 Å². The summed E-state index contributed by atoms with van der Waals surface area (Å²) in [6, 6.07) is 9.17. The van der Waals surface area contributed by atoms with E-state index in [1.165, 1.54) is 6.20 Å². The third kappa shape index (κ3) is 3.03. The molecule has 2 aromatic rings. The van der Waals surface area contributed by atoms with Crippen LogP contribution in [-0.4, -0.2) is 17.9 Å². The van der Waals surface area contributed by atoms with Crippen LogP contribution < -0.4 is 10.6 Å². The van der Waals surface area contributed by atoms with Crippen LogP contribution in [0.4, 0.5) is 11.5 Å². The lowest BCUT2D eigenvalue weighted by Crippen LogP contribution is -2.13. The molecule has 0 radical (unpaired) electrons. The van der Waals surface area contributed by atoms with E-state index in [4.69, 9.17) is 11.6 Å². The molecule has 0 saturated heterocycles. The van der Waals surface area contributed by atoms with Gasteiger partial charge in [0.1, 0.15) is 5.82 Å². The molecule has 0 saturated carbocycles. The van der Waals surface area contributed by atoms with Crippen LogP contribution in [0.5, 0.6) is 0 Å². The van der Waals surface area contributed by atoms with Gasteiger partial charge in [0.15, 0.2) is 0 Å². The molecular formula is C14H14ClN3O. The maximum absolute atomic E-state index is 12.1. The second-order valence-corrected chi connectivity index (χ2v) is 4.48. The van der Waals surface area contributed by atoms with Crippen LogP contribution in [0.15, 0.2) is 36.5 Å². The number of aryl methyl sites for hydroxylation is 1. The van der Waals surface area contributed by atoms with Gasteiger partial charge in [-0.2, -0.15) is 0 Å². The Balaban J connectivity index is 2.21. The Morgan fingerprint density at radius 3 is 2.68 bits per heavy atom. The topological polar surface area (TPSA) is 54.0 Å². The van der Waals surface area contributed by atoms with Crippen molar-refractivity contribution in [3.63, 3.8) is 0 Å². The largest absolute Gasteiger partial charge is 0.372 e. The lowest BCUT2D eigenvalue weighted by atomic mass is 10.2. The molecule has 0 aliphatic rings. The number of rotatable bonds is 3. The van der Waals surface area contributed by atoms with Crippen molar-refractivity contribution in [3.8, 4) is 0 Å². The molecule has 2 rings (SSSR count). The number of hydrogen-bond donors (Lipinski definition) is 2. The lowest BCUT2D eigenvalue weighted by Gasteiger charge is -2.09. The van der Waals surface area contributed by atoms with Gasteiger partial charge in [-0.15, -0.1) is 0 Å². The maximum atomic E-state index is 12.1. The minimum Gasteiger partial charge on any atom is -0.372 e. The van der Waals surface area contributed by atoms with E-state index >= 15 is 0 Å². The Bertz CT molecular complexity index is 613. The SMILES string of the molecule is CNc1ncc(C(=O)Nc2ccccc2C)cc1Cl. The highest BCUT2D eigenvalue weighted by Gasteiger charge is 2.10. The highest BCUT2D eigenvalue weighted by Crippen LogP contribution is 2.20. The molecule has 1 heterocycles. The molecule has 0 atom stereocenters. The van der Waals surface area contributed by atoms with Crippen molar-refractivity contribution >= 4 is 29.0 Å². The number of halogens is 1. The standard InChI is InChI=1S/C14H14ClN3O/c1-9-5-3-4-6-12(9)18-14(19)10-7-11(15)13(16-2)17-8-10/h3-8H,1-2H3,(H,16,17)(H,18,19). The Hall–Kier alpha value is -2.07. The Morgan fingerprint density at radius 1 is 1.32 bits per heavy atom. The lowest BCUT2D eigenvalue weighted by molar-refractivity contribution is 0.102. The third-order valence-corrected chi connectivity index (χ3v) is 3.02. The summed E-state index contributed by atoms with van der Waals surface area (Å²) in [7, 11) is 1.72. The van der Waals surface area contributed by atoms with Crippen molar-refractivity contribution in [2.45, 2.75) is 6.92 Å². The van der Waals surface area contributed by atoms with E-state index in [-0.39, 0.29) is 5.91 Å². The van der Waals surface area contributed by atoms with E-state index in [0.29, 0.717) is 16.4 Å². The molecule has 19 heavy (non-hydrogen) atoms. The maximum Gasteiger partial charge on any atom is 0.257 e. The molecule has 4 nitrogen and oxygen atoms in total. The zero-order valence-electron chi connectivity index (χ0n) is 10.7. The van der Waals surface area contributed by atoms with Crippen molar-refractivity contribution in [2.75, 3.05) is 17.7 Å². The van der Waals surface area contributed by atoms with Crippen molar-refractivity contribution in [3.05, 3.63) is 52.7 Å². The molecule has 1 aromatic heterocycles. The Kier molecular flexibility index (Phi) is 4.02. The summed E-state index contributed by atoms with van der Waals surface area (Å²) >= 11 is 6.00. The highest BCUT2D eigenvalue weighted by molar-refractivity contribution is 6.33. The van der Waals surface area contributed by atoms with Gasteiger partial charge < -0.3 is 10.6 Å². The van der Waals surface area contributed by atoms with E-state index < -0.39 is 0 Å². The Morgan fingerprint density at radius 2 is 2.05 bits per heavy atom. The van der Waals surface area contributed by atoms with Crippen molar-refractivity contribution in [1.82, 2.24) is 4.98 Å². The van der Waals surface area contributed by atoms with E-state index in [9.17, 15) is 4.79 Å². The van der Waals surface area contributed by atoms with Crippen molar-refractivity contribution < 1.29 is 4.79 Å². The number of hydrogen-bond acceptors (Lipinski definition) is 3. The number of benzene rings is 1. The average Bonchev–Trinajstić information content (AvgIpc) is 2.41. The molecule has 0 aliphatic carbocycles. The minimum atomic E-state index is -0.230. The summed E-state index contributed by atoms with van der Waals surface area (Å²) in [4.78, 5) is 16.2. The number of amides is 1. The van der Waals surface area contributed by atoms with Gasteiger partial charge in [0.05, 0.1) is 10.6 Å². The summed E-state index contributed by atoms with van der Waals surface area (Å²) in [5, 5.41) is 6.10. The fourth-order valence-corrected chi connectivity index (χ4v) is 1.91. The molecule has 0 bridgehead atoms. The van der Waals surface area contributed by atoms with Crippen LogP contribution in [0, 0.1) is 6.92 Å². The number of pyridine rings is 1. The van der Waals surface area contributed by atoms with E-state index in [2.05, 4.69) is 15.6 Å². The summed E-state index contributed by atoms with van der Waals surface area (Å²) in [6.45, 7) is 1.94. The molecule has 0 fully saturated rings. The summed E-state index contributed by atoms with van der Waals surface area (Å²) < 4.78 is 0. The average molecular weight is 276 g/mol. The number of para-hydroxylation sites is 1. The van der Waals surface area contributed by atoms with Crippen LogP contribution in [0.1, 0.15) is 15.9 Å². The number of aromatic nitrogens is 1. The minimum absolute atomic E-state index is 0.230. The first kappa shape index (κ1) is 13.4. The summed E-state index contributed by atoms with van der Waals surface area (Å²) in [6.07, 6.45) is 1.49. The number of anilines is 2. The normalized spacial score (nSPS) is 10.1. The monoisotopic (exact) mass is 275 g/mol. The highest BCUT2D eigenvalue weighted by atomic mass is 35.5. The van der Waals surface area contributed by atoms with Crippen LogP contribution in [-0.2, 0) is 0 Å². The van der Waals surface area contributed by atoms with Gasteiger partial charge in [0.2, 0.25) is 0 Å². The molecular weight excluding hydrogens is 262 g/mol. The van der Waals surface area contributed by atoms with Crippen molar-refractivity contribution in [1.29, 1.82) is 0 Å². The van der Waals surface area contributed by atoms with Gasteiger partial charge in [0.25, 0.3) is 5.91 Å². The number of nitrogens with zero attached hydrogens (tertiary/aromatic N) is 1. The second kappa shape index (κ2) is 5.71. The molecule has 98 valence electrons. The van der Waals surface area contributed by atoms with Crippen molar-refractivity contribution in [2.24, 2.45) is 0 Å². The van der Waals surface area contributed by atoms with Gasteiger partial charge in [0, 0.05) is 18.9 Å². The van der Waals surface area contributed by atoms with E-state index in [0.717, 1.165) is 11.3 Å². The van der Waals surface area contributed by atoms with Gasteiger partial charge in [-0.3, -0.25) is 4.79 Å². The molecule has 0 aliphatic heterocycles. The molecule has 2 N–H and O–H groups in total. The predicted octanol–water partition coefficient (Wildman–Crippen LogP) is 3.34. The molecule has 0 spiro atoms. The first-order chi connectivity index (χ1) is 9.11.